The van der Waals surface area contributed by atoms with E-state index in [1.165, 1.54) is 6.33 Å². The van der Waals surface area contributed by atoms with E-state index in [4.69, 9.17) is 5.73 Å². The number of hydrogen-bond acceptors (Lipinski definition) is 4. The molecule has 3 rings (SSSR count). The number of aromatic nitrogens is 4. The summed E-state index contributed by atoms with van der Waals surface area (Å²) in [5, 5.41) is 0. The zero-order valence-electron chi connectivity index (χ0n) is 8.71. The third-order valence-corrected chi connectivity index (χ3v) is 3.00. The summed E-state index contributed by atoms with van der Waals surface area (Å²) in [4.78, 5) is 12.3. The smallest absolute Gasteiger partial charge is 0.170 e. The minimum atomic E-state index is 0.394. The molecule has 0 atom stereocenters. The van der Waals surface area contributed by atoms with Gasteiger partial charge in [-0.2, -0.15) is 0 Å². The van der Waals surface area contributed by atoms with Crippen molar-refractivity contribution in [3.8, 4) is 5.69 Å². The molecule has 17 heavy (non-hydrogen) atoms. The number of nitrogens with zero attached hydrogens (tertiary/aromatic N) is 4. The van der Waals surface area contributed by atoms with Crippen molar-refractivity contribution in [2.24, 2.45) is 0 Å². The minimum Gasteiger partial charge on any atom is -0.382 e. The van der Waals surface area contributed by atoms with Crippen LogP contribution in [-0.4, -0.2) is 19.5 Å². The number of rotatable bonds is 1. The van der Waals surface area contributed by atoms with E-state index in [0.717, 1.165) is 10.2 Å². The first-order valence-corrected chi connectivity index (χ1v) is 5.74. The molecule has 0 spiro atoms. The lowest BCUT2D eigenvalue weighted by Crippen LogP contribution is -1.96. The maximum atomic E-state index is 5.74. The van der Waals surface area contributed by atoms with Crippen molar-refractivity contribution in [3.05, 3.63) is 41.4 Å². The van der Waals surface area contributed by atoms with E-state index in [2.05, 4.69) is 30.9 Å². The van der Waals surface area contributed by atoms with Crippen LogP contribution in [0.3, 0.4) is 0 Å². The van der Waals surface area contributed by atoms with Crippen molar-refractivity contribution < 1.29 is 0 Å². The topological polar surface area (TPSA) is 69.6 Å². The molecule has 2 aromatic heterocycles. The molecule has 1 aromatic carbocycles. The van der Waals surface area contributed by atoms with Crippen LogP contribution >= 0.6 is 15.9 Å². The Kier molecular flexibility index (Phi) is 2.29. The summed E-state index contributed by atoms with van der Waals surface area (Å²) in [5.74, 6) is 0.394. The molecule has 0 aliphatic rings. The van der Waals surface area contributed by atoms with E-state index in [-0.39, 0.29) is 0 Å². The van der Waals surface area contributed by atoms with E-state index >= 15 is 0 Å². The average molecular weight is 290 g/mol. The van der Waals surface area contributed by atoms with Crippen molar-refractivity contribution in [2.75, 3.05) is 5.73 Å². The Morgan fingerprint density at radius 3 is 2.59 bits per heavy atom. The highest BCUT2D eigenvalue weighted by atomic mass is 79.9. The van der Waals surface area contributed by atoms with Gasteiger partial charge in [-0.1, -0.05) is 15.9 Å². The second-order valence-electron chi connectivity index (χ2n) is 3.52. The van der Waals surface area contributed by atoms with Gasteiger partial charge in [0.05, 0.1) is 0 Å². The Hall–Kier alpha value is -1.95. The van der Waals surface area contributed by atoms with Gasteiger partial charge in [-0.25, -0.2) is 15.0 Å². The van der Waals surface area contributed by atoms with Crippen molar-refractivity contribution in [1.82, 2.24) is 19.5 Å². The van der Waals surface area contributed by atoms with Gasteiger partial charge in [-0.05, 0) is 24.3 Å². The van der Waals surface area contributed by atoms with Crippen molar-refractivity contribution >= 4 is 32.9 Å². The van der Waals surface area contributed by atoms with Gasteiger partial charge in [0.15, 0.2) is 17.0 Å². The summed E-state index contributed by atoms with van der Waals surface area (Å²) in [6, 6.07) is 7.88. The highest BCUT2D eigenvalue weighted by Gasteiger charge is 2.08. The maximum Gasteiger partial charge on any atom is 0.170 e. The predicted molar refractivity (Wildman–Crippen MR) is 68.8 cm³/mol. The second-order valence-corrected chi connectivity index (χ2v) is 4.44. The summed E-state index contributed by atoms with van der Waals surface area (Å²) in [7, 11) is 0. The highest BCUT2D eigenvalue weighted by Crippen LogP contribution is 2.20. The van der Waals surface area contributed by atoms with Crippen LogP contribution in [-0.2, 0) is 0 Å². The molecule has 0 amide bonds. The summed E-state index contributed by atoms with van der Waals surface area (Å²) in [6.07, 6.45) is 3.13. The maximum absolute atomic E-state index is 5.74. The number of hydrogen-bond donors (Lipinski definition) is 1. The highest BCUT2D eigenvalue weighted by molar-refractivity contribution is 9.10. The monoisotopic (exact) mass is 289 g/mol. The number of imidazole rings is 1. The van der Waals surface area contributed by atoms with Gasteiger partial charge in [-0.3, -0.25) is 4.57 Å². The van der Waals surface area contributed by atoms with Gasteiger partial charge in [0.1, 0.15) is 12.7 Å². The normalized spacial score (nSPS) is 10.9. The average Bonchev–Trinajstić information content (AvgIpc) is 2.75. The van der Waals surface area contributed by atoms with Crippen LogP contribution in [0.15, 0.2) is 41.4 Å². The lowest BCUT2D eigenvalue weighted by Gasteiger charge is -2.03. The molecule has 3 aromatic rings. The van der Waals surface area contributed by atoms with Gasteiger partial charge < -0.3 is 5.73 Å². The van der Waals surface area contributed by atoms with Crippen molar-refractivity contribution in [2.45, 2.75) is 0 Å². The first-order chi connectivity index (χ1) is 8.25. The van der Waals surface area contributed by atoms with Crippen LogP contribution in [0.5, 0.6) is 0 Å². The van der Waals surface area contributed by atoms with Gasteiger partial charge in [-0.15, -0.1) is 0 Å². The zero-order chi connectivity index (χ0) is 11.8. The zero-order valence-corrected chi connectivity index (χ0v) is 10.3. The fourth-order valence-electron chi connectivity index (χ4n) is 1.64. The molecule has 0 aliphatic carbocycles. The molecule has 0 unspecified atom stereocenters. The van der Waals surface area contributed by atoms with Crippen LogP contribution in [0, 0.1) is 0 Å². The molecule has 84 valence electrons. The molecule has 2 heterocycles. The predicted octanol–water partition coefficient (Wildman–Crippen LogP) is 2.16. The number of nitrogen functional groups attached to an aromatic ring is 1. The van der Waals surface area contributed by atoms with Gasteiger partial charge in [0, 0.05) is 10.2 Å². The Morgan fingerprint density at radius 1 is 1.06 bits per heavy atom. The van der Waals surface area contributed by atoms with Crippen LogP contribution in [0.1, 0.15) is 0 Å². The molecule has 2 N–H and O–H groups in total. The van der Waals surface area contributed by atoms with E-state index in [1.807, 2.05) is 28.8 Å². The molecule has 0 saturated carbocycles. The third kappa shape index (κ3) is 1.66. The van der Waals surface area contributed by atoms with Crippen LogP contribution < -0.4 is 5.73 Å². The fraction of sp³-hybridized carbons (Fsp3) is 0. The molecule has 0 fully saturated rings. The lowest BCUT2D eigenvalue weighted by molar-refractivity contribution is 1.06. The molecule has 0 aliphatic heterocycles. The lowest BCUT2D eigenvalue weighted by atomic mass is 10.3. The molecular formula is C11H8BrN5. The number of nitrogens with two attached hydrogens (primary N) is 1. The number of benzene rings is 1. The van der Waals surface area contributed by atoms with Crippen LogP contribution in [0.2, 0.25) is 0 Å². The Labute approximate surface area is 105 Å². The molecule has 6 heteroatoms. The van der Waals surface area contributed by atoms with Crippen molar-refractivity contribution in [3.63, 3.8) is 0 Å². The first kappa shape index (κ1) is 10.2. The van der Waals surface area contributed by atoms with Crippen molar-refractivity contribution in [1.29, 1.82) is 0 Å². The largest absolute Gasteiger partial charge is 0.382 e. The number of halogens is 1. The molecule has 5 nitrogen and oxygen atoms in total. The van der Waals surface area contributed by atoms with E-state index < -0.39 is 0 Å². The van der Waals surface area contributed by atoms with E-state index in [9.17, 15) is 0 Å². The quantitative estimate of drug-likeness (QED) is 0.745. The Balaban J connectivity index is 2.24. The van der Waals surface area contributed by atoms with Gasteiger partial charge in [0.25, 0.3) is 0 Å². The third-order valence-electron chi connectivity index (χ3n) is 2.47. The Bertz CT molecular complexity index is 674. The molecular weight excluding hydrogens is 282 g/mol. The summed E-state index contributed by atoms with van der Waals surface area (Å²) in [5.41, 5.74) is 8.05. The second kappa shape index (κ2) is 3.81. The minimum absolute atomic E-state index is 0.394. The molecule has 0 bridgehead atoms. The summed E-state index contributed by atoms with van der Waals surface area (Å²) < 4.78 is 2.90. The standard InChI is InChI=1S/C11H8BrN5/c12-7-1-3-8(4-2-7)17-6-16-9-10(13)14-5-15-11(9)17/h1-6H,(H2,13,14,15). The van der Waals surface area contributed by atoms with Gasteiger partial charge >= 0.3 is 0 Å². The van der Waals surface area contributed by atoms with E-state index in [1.54, 1.807) is 6.33 Å². The van der Waals surface area contributed by atoms with Crippen LogP contribution in [0.4, 0.5) is 5.82 Å². The molecule has 0 radical (unpaired) electrons. The summed E-state index contributed by atoms with van der Waals surface area (Å²) >= 11 is 3.40. The number of fused-ring (bicyclic) bond motifs is 1. The number of anilines is 1. The first-order valence-electron chi connectivity index (χ1n) is 4.95. The van der Waals surface area contributed by atoms with Crippen LogP contribution in [0.25, 0.3) is 16.9 Å². The Morgan fingerprint density at radius 2 is 1.82 bits per heavy atom. The van der Waals surface area contributed by atoms with Gasteiger partial charge in [0.2, 0.25) is 0 Å². The fourth-order valence-corrected chi connectivity index (χ4v) is 1.91. The SMILES string of the molecule is Nc1ncnc2c1ncn2-c1ccc(Br)cc1. The van der Waals surface area contributed by atoms with E-state index in [0.29, 0.717) is 17.0 Å². The summed E-state index contributed by atoms with van der Waals surface area (Å²) in [6.45, 7) is 0. The molecule has 0 saturated heterocycles.